The number of halogens is 1. The molecular formula is C11H11FN2. The zero-order chi connectivity index (χ0) is 10.1. The Hall–Kier alpha value is -1.64. The molecule has 14 heavy (non-hydrogen) atoms. The van der Waals surface area contributed by atoms with Crippen molar-refractivity contribution in [2.45, 2.75) is 13.3 Å². The SMILES string of the molecule is CCc1cnc(N)c2cccc(F)c12. The minimum absolute atomic E-state index is 0.228. The largest absolute Gasteiger partial charge is 0.383 e. The fourth-order valence-electron chi connectivity index (χ4n) is 1.61. The van der Waals surface area contributed by atoms with Crippen molar-refractivity contribution in [1.82, 2.24) is 4.98 Å². The van der Waals surface area contributed by atoms with Crippen molar-refractivity contribution < 1.29 is 4.39 Å². The molecule has 72 valence electrons. The van der Waals surface area contributed by atoms with Crippen molar-refractivity contribution in [3.63, 3.8) is 0 Å². The van der Waals surface area contributed by atoms with Crippen LogP contribution in [0.2, 0.25) is 0 Å². The third-order valence-corrected chi connectivity index (χ3v) is 2.35. The van der Waals surface area contributed by atoms with Gasteiger partial charge in [0, 0.05) is 17.0 Å². The molecule has 1 aromatic carbocycles. The van der Waals surface area contributed by atoms with Gasteiger partial charge in [-0.05, 0) is 18.1 Å². The number of rotatable bonds is 1. The molecule has 0 saturated heterocycles. The lowest BCUT2D eigenvalue weighted by atomic mass is 10.0. The lowest BCUT2D eigenvalue weighted by molar-refractivity contribution is 0.638. The summed E-state index contributed by atoms with van der Waals surface area (Å²) in [5, 5.41) is 1.30. The Kier molecular flexibility index (Phi) is 2.08. The monoisotopic (exact) mass is 190 g/mol. The summed E-state index contributed by atoms with van der Waals surface area (Å²) in [6.45, 7) is 1.97. The zero-order valence-electron chi connectivity index (χ0n) is 7.92. The van der Waals surface area contributed by atoms with Crippen molar-refractivity contribution in [3.8, 4) is 0 Å². The summed E-state index contributed by atoms with van der Waals surface area (Å²) in [5.74, 6) is 0.158. The van der Waals surface area contributed by atoms with E-state index in [0.717, 1.165) is 12.0 Å². The summed E-state index contributed by atoms with van der Waals surface area (Å²) in [4.78, 5) is 4.03. The highest BCUT2D eigenvalue weighted by Gasteiger charge is 2.07. The number of aryl methyl sites for hydroxylation is 1. The normalized spacial score (nSPS) is 10.7. The second-order valence-corrected chi connectivity index (χ2v) is 3.18. The van der Waals surface area contributed by atoms with Crippen molar-refractivity contribution >= 4 is 16.6 Å². The predicted octanol–water partition coefficient (Wildman–Crippen LogP) is 2.52. The molecule has 3 heteroatoms. The van der Waals surface area contributed by atoms with E-state index in [0.29, 0.717) is 16.6 Å². The quantitative estimate of drug-likeness (QED) is 0.750. The lowest BCUT2D eigenvalue weighted by Gasteiger charge is -2.06. The molecule has 0 spiro atoms. The van der Waals surface area contributed by atoms with Crippen LogP contribution in [0.3, 0.4) is 0 Å². The maximum absolute atomic E-state index is 13.5. The van der Waals surface area contributed by atoms with Crippen LogP contribution in [0.5, 0.6) is 0 Å². The number of pyridine rings is 1. The summed E-state index contributed by atoms with van der Waals surface area (Å²) in [6.07, 6.45) is 2.39. The first-order chi connectivity index (χ1) is 6.74. The topological polar surface area (TPSA) is 38.9 Å². The summed E-state index contributed by atoms with van der Waals surface area (Å²) < 4.78 is 13.5. The van der Waals surface area contributed by atoms with Gasteiger partial charge in [0.25, 0.3) is 0 Å². The van der Waals surface area contributed by atoms with Gasteiger partial charge in [-0.25, -0.2) is 9.37 Å². The summed E-state index contributed by atoms with van der Waals surface area (Å²) in [6, 6.07) is 4.88. The third-order valence-electron chi connectivity index (χ3n) is 2.35. The van der Waals surface area contributed by atoms with Crippen molar-refractivity contribution in [2.75, 3.05) is 5.73 Å². The first kappa shape index (κ1) is 8.94. The number of fused-ring (bicyclic) bond motifs is 1. The van der Waals surface area contributed by atoms with E-state index in [4.69, 9.17) is 5.73 Å². The molecule has 0 bridgehead atoms. The Balaban J connectivity index is 2.92. The predicted molar refractivity (Wildman–Crippen MR) is 55.5 cm³/mol. The second-order valence-electron chi connectivity index (χ2n) is 3.18. The molecule has 0 amide bonds. The molecule has 0 aliphatic rings. The van der Waals surface area contributed by atoms with Gasteiger partial charge in [0.15, 0.2) is 0 Å². The second kappa shape index (κ2) is 3.25. The van der Waals surface area contributed by atoms with Crippen LogP contribution >= 0.6 is 0 Å². The Morgan fingerprint density at radius 2 is 2.21 bits per heavy atom. The fourth-order valence-corrected chi connectivity index (χ4v) is 1.61. The van der Waals surface area contributed by atoms with E-state index in [-0.39, 0.29) is 5.82 Å². The van der Waals surface area contributed by atoms with E-state index in [1.54, 1.807) is 18.3 Å². The number of aromatic nitrogens is 1. The highest BCUT2D eigenvalue weighted by molar-refractivity contribution is 5.93. The number of anilines is 1. The molecule has 0 aliphatic carbocycles. The number of nitrogen functional groups attached to an aromatic ring is 1. The van der Waals surface area contributed by atoms with Crippen LogP contribution < -0.4 is 5.73 Å². The van der Waals surface area contributed by atoms with Crippen LogP contribution in [-0.2, 0) is 6.42 Å². The molecule has 1 heterocycles. The maximum atomic E-state index is 13.5. The van der Waals surface area contributed by atoms with E-state index < -0.39 is 0 Å². The van der Waals surface area contributed by atoms with Gasteiger partial charge in [-0.2, -0.15) is 0 Å². The van der Waals surface area contributed by atoms with E-state index in [2.05, 4.69) is 4.98 Å². The van der Waals surface area contributed by atoms with Gasteiger partial charge < -0.3 is 5.73 Å². The fraction of sp³-hybridized carbons (Fsp3) is 0.182. The average molecular weight is 190 g/mol. The third kappa shape index (κ3) is 1.21. The molecule has 2 N–H and O–H groups in total. The Morgan fingerprint density at radius 3 is 2.93 bits per heavy atom. The average Bonchev–Trinajstić information content (AvgIpc) is 2.20. The van der Waals surface area contributed by atoms with Crippen LogP contribution in [0.15, 0.2) is 24.4 Å². The molecule has 0 fully saturated rings. The van der Waals surface area contributed by atoms with Crippen molar-refractivity contribution in [1.29, 1.82) is 0 Å². The highest BCUT2D eigenvalue weighted by Crippen LogP contribution is 2.25. The number of nitrogens with zero attached hydrogens (tertiary/aromatic N) is 1. The molecule has 1 aromatic heterocycles. The highest BCUT2D eigenvalue weighted by atomic mass is 19.1. The van der Waals surface area contributed by atoms with Crippen LogP contribution in [0, 0.1) is 5.82 Å². The molecule has 2 rings (SSSR count). The molecule has 0 atom stereocenters. The van der Waals surface area contributed by atoms with Crippen LogP contribution in [0.4, 0.5) is 10.2 Å². The zero-order valence-corrected chi connectivity index (χ0v) is 7.92. The van der Waals surface area contributed by atoms with Gasteiger partial charge in [-0.3, -0.25) is 0 Å². The Bertz CT molecular complexity index is 480. The first-order valence-electron chi connectivity index (χ1n) is 4.55. The van der Waals surface area contributed by atoms with Crippen LogP contribution in [0.1, 0.15) is 12.5 Å². The smallest absolute Gasteiger partial charge is 0.131 e. The van der Waals surface area contributed by atoms with E-state index in [1.165, 1.54) is 6.07 Å². The van der Waals surface area contributed by atoms with Gasteiger partial charge in [0.1, 0.15) is 11.6 Å². The number of nitrogens with two attached hydrogens (primary N) is 1. The summed E-state index contributed by atoms with van der Waals surface area (Å²) in [5.41, 5.74) is 6.57. The van der Waals surface area contributed by atoms with Gasteiger partial charge in [0.2, 0.25) is 0 Å². The molecular weight excluding hydrogens is 179 g/mol. The van der Waals surface area contributed by atoms with Crippen LogP contribution in [-0.4, -0.2) is 4.98 Å². The first-order valence-corrected chi connectivity index (χ1v) is 4.55. The number of hydrogen-bond acceptors (Lipinski definition) is 2. The maximum Gasteiger partial charge on any atom is 0.131 e. The standard InChI is InChI=1S/C11H11FN2/c1-2-7-6-14-11(13)8-4-3-5-9(12)10(7)8/h3-6H,2H2,1H3,(H2,13,14). The molecule has 0 radical (unpaired) electrons. The van der Waals surface area contributed by atoms with E-state index in [9.17, 15) is 4.39 Å². The lowest BCUT2D eigenvalue weighted by Crippen LogP contribution is -1.96. The van der Waals surface area contributed by atoms with Crippen molar-refractivity contribution in [3.05, 3.63) is 35.8 Å². The number of benzene rings is 1. The summed E-state index contributed by atoms with van der Waals surface area (Å²) in [7, 11) is 0. The molecule has 0 unspecified atom stereocenters. The van der Waals surface area contributed by atoms with E-state index in [1.807, 2.05) is 6.92 Å². The molecule has 0 aliphatic heterocycles. The van der Waals surface area contributed by atoms with Crippen molar-refractivity contribution in [2.24, 2.45) is 0 Å². The van der Waals surface area contributed by atoms with Gasteiger partial charge in [-0.1, -0.05) is 19.1 Å². The Labute approximate surface area is 81.6 Å². The molecule has 2 nitrogen and oxygen atoms in total. The van der Waals surface area contributed by atoms with E-state index >= 15 is 0 Å². The summed E-state index contributed by atoms with van der Waals surface area (Å²) >= 11 is 0. The van der Waals surface area contributed by atoms with Crippen LogP contribution in [0.25, 0.3) is 10.8 Å². The minimum atomic E-state index is -0.228. The molecule has 0 saturated carbocycles. The van der Waals surface area contributed by atoms with Gasteiger partial charge >= 0.3 is 0 Å². The molecule has 2 aromatic rings. The number of hydrogen-bond donors (Lipinski definition) is 1. The minimum Gasteiger partial charge on any atom is -0.383 e. The van der Waals surface area contributed by atoms with Gasteiger partial charge in [-0.15, -0.1) is 0 Å². The Morgan fingerprint density at radius 1 is 1.43 bits per heavy atom. The van der Waals surface area contributed by atoms with Gasteiger partial charge in [0.05, 0.1) is 0 Å².